The molecule has 0 saturated carbocycles. The first-order valence-electron chi connectivity index (χ1n) is 5.38. The van der Waals surface area contributed by atoms with Gasteiger partial charge in [-0.3, -0.25) is 4.98 Å². The molecule has 3 nitrogen and oxygen atoms in total. The summed E-state index contributed by atoms with van der Waals surface area (Å²) in [6.45, 7) is 0. The highest BCUT2D eigenvalue weighted by Gasteiger charge is 2.10. The van der Waals surface area contributed by atoms with E-state index in [1.54, 1.807) is 0 Å². The molecule has 2 N–H and O–H groups in total. The van der Waals surface area contributed by atoms with Gasteiger partial charge in [0.2, 0.25) is 0 Å². The maximum atomic E-state index is 8.98. The van der Waals surface area contributed by atoms with E-state index in [0.717, 1.165) is 26.1 Å². The van der Waals surface area contributed by atoms with E-state index in [2.05, 4.69) is 27.0 Å². The minimum absolute atomic E-state index is 0.407. The van der Waals surface area contributed by atoms with E-state index in [9.17, 15) is 0 Å². The SMILES string of the molecule is N#Cc1cnc2c(cc(Br)c3ccccc32)c1N. The Kier molecular flexibility index (Phi) is 2.42. The van der Waals surface area contributed by atoms with Crippen molar-refractivity contribution in [3.63, 3.8) is 0 Å². The van der Waals surface area contributed by atoms with Crippen LogP contribution in [0.25, 0.3) is 21.7 Å². The Hall–Kier alpha value is -2.12. The van der Waals surface area contributed by atoms with Crippen LogP contribution < -0.4 is 5.73 Å². The van der Waals surface area contributed by atoms with Gasteiger partial charge in [0.05, 0.1) is 16.8 Å². The van der Waals surface area contributed by atoms with Crippen LogP contribution in [0.3, 0.4) is 0 Å². The highest BCUT2D eigenvalue weighted by atomic mass is 79.9. The molecule has 3 aromatic rings. The normalized spacial score (nSPS) is 10.7. The van der Waals surface area contributed by atoms with Crippen molar-refractivity contribution >= 4 is 43.3 Å². The largest absolute Gasteiger partial charge is 0.397 e. The lowest BCUT2D eigenvalue weighted by molar-refractivity contribution is 1.38. The van der Waals surface area contributed by atoms with Crippen LogP contribution in [-0.4, -0.2) is 4.98 Å². The summed E-state index contributed by atoms with van der Waals surface area (Å²) in [4.78, 5) is 4.36. The Morgan fingerprint density at radius 2 is 1.89 bits per heavy atom. The smallest absolute Gasteiger partial charge is 0.103 e. The topological polar surface area (TPSA) is 62.7 Å². The number of fused-ring (bicyclic) bond motifs is 3. The summed E-state index contributed by atoms with van der Waals surface area (Å²) >= 11 is 3.53. The van der Waals surface area contributed by atoms with E-state index >= 15 is 0 Å². The summed E-state index contributed by atoms with van der Waals surface area (Å²) in [7, 11) is 0. The summed E-state index contributed by atoms with van der Waals surface area (Å²) in [5.74, 6) is 0. The van der Waals surface area contributed by atoms with Gasteiger partial charge in [-0.1, -0.05) is 40.2 Å². The van der Waals surface area contributed by atoms with Gasteiger partial charge >= 0.3 is 0 Å². The second-order valence-corrected chi connectivity index (χ2v) is 4.85. The maximum Gasteiger partial charge on any atom is 0.103 e. The van der Waals surface area contributed by atoms with Crippen LogP contribution in [-0.2, 0) is 0 Å². The molecule has 0 saturated heterocycles. The van der Waals surface area contributed by atoms with Crippen LogP contribution in [0.1, 0.15) is 5.56 Å². The fourth-order valence-corrected chi connectivity index (χ4v) is 2.67. The number of anilines is 1. The van der Waals surface area contributed by atoms with Crippen LogP contribution in [0.4, 0.5) is 5.69 Å². The first kappa shape index (κ1) is 11.0. The van der Waals surface area contributed by atoms with Crippen molar-refractivity contribution < 1.29 is 0 Å². The second-order valence-electron chi connectivity index (χ2n) is 4.00. The van der Waals surface area contributed by atoms with Crippen molar-refractivity contribution in [2.24, 2.45) is 0 Å². The zero-order valence-electron chi connectivity index (χ0n) is 9.31. The number of hydrogen-bond donors (Lipinski definition) is 1. The Bertz CT molecular complexity index is 818. The Balaban J connectivity index is 2.59. The van der Waals surface area contributed by atoms with E-state index in [0.29, 0.717) is 11.3 Å². The van der Waals surface area contributed by atoms with Crippen LogP contribution in [0.2, 0.25) is 0 Å². The predicted octanol–water partition coefficient (Wildman–Crippen LogP) is 3.60. The van der Waals surface area contributed by atoms with Crippen molar-refractivity contribution in [3.05, 3.63) is 46.6 Å². The summed E-state index contributed by atoms with van der Waals surface area (Å²) in [5.41, 5.74) is 7.72. The second kappa shape index (κ2) is 3.97. The summed E-state index contributed by atoms with van der Waals surface area (Å²) in [6.07, 6.45) is 1.53. The third kappa shape index (κ3) is 1.45. The van der Waals surface area contributed by atoms with Gasteiger partial charge in [-0.25, -0.2) is 0 Å². The predicted molar refractivity (Wildman–Crippen MR) is 76.1 cm³/mol. The van der Waals surface area contributed by atoms with Gasteiger partial charge in [0.15, 0.2) is 0 Å². The molecule has 1 heterocycles. The lowest BCUT2D eigenvalue weighted by atomic mass is 10.0. The molecule has 0 aliphatic rings. The summed E-state index contributed by atoms with van der Waals surface area (Å²) in [6, 6.07) is 11.9. The molecule has 2 aromatic carbocycles. The van der Waals surface area contributed by atoms with Crippen LogP contribution in [0, 0.1) is 11.3 Å². The summed E-state index contributed by atoms with van der Waals surface area (Å²) < 4.78 is 0.953. The van der Waals surface area contributed by atoms with Gasteiger partial charge in [-0.05, 0) is 11.5 Å². The van der Waals surface area contributed by atoms with Crippen molar-refractivity contribution in [1.82, 2.24) is 4.98 Å². The molecule has 1 aromatic heterocycles. The van der Waals surface area contributed by atoms with Crippen molar-refractivity contribution in [1.29, 1.82) is 5.26 Å². The van der Waals surface area contributed by atoms with Crippen LogP contribution >= 0.6 is 15.9 Å². The fourth-order valence-electron chi connectivity index (χ4n) is 2.09. The van der Waals surface area contributed by atoms with Gasteiger partial charge in [0.25, 0.3) is 0 Å². The fraction of sp³-hybridized carbons (Fsp3) is 0. The molecule has 0 spiro atoms. The molecule has 0 aliphatic heterocycles. The van der Waals surface area contributed by atoms with E-state index in [1.165, 1.54) is 6.20 Å². The lowest BCUT2D eigenvalue weighted by Crippen LogP contribution is -1.95. The van der Waals surface area contributed by atoms with Gasteiger partial charge in [-0.2, -0.15) is 5.26 Å². The molecule has 3 rings (SSSR count). The lowest BCUT2D eigenvalue weighted by Gasteiger charge is -2.08. The molecule has 0 unspecified atom stereocenters. The number of nitrogens with zero attached hydrogens (tertiary/aromatic N) is 2. The van der Waals surface area contributed by atoms with Crippen molar-refractivity contribution in [2.75, 3.05) is 5.73 Å². The minimum atomic E-state index is 0.407. The van der Waals surface area contributed by atoms with Crippen LogP contribution in [0.15, 0.2) is 41.0 Å². The molecule has 18 heavy (non-hydrogen) atoms. The molecular formula is C14H8BrN3. The maximum absolute atomic E-state index is 8.98. The van der Waals surface area contributed by atoms with Crippen molar-refractivity contribution in [3.8, 4) is 6.07 Å². The quantitative estimate of drug-likeness (QED) is 0.645. The number of nitrogen functional groups attached to an aromatic ring is 1. The number of benzene rings is 2. The van der Waals surface area contributed by atoms with E-state index in [4.69, 9.17) is 11.0 Å². The van der Waals surface area contributed by atoms with Gasteiger partial charge in [0, 0.05) is 21.4 Å². The Morgan fingerprint density at radius 1 is 1.17 bits per heavy atom. The van der Waals surface area contributed by atoms with E-state index < -0.39 is 0 Å². The number of hydrogen-bond acceptors (Lipinski definition) is 3. The molecule has 4 heteroatoms. The van der Waals surface area contributed by atoms with Gasteiger partial charge in [0.1, 0.15) is 6.07 Å². The van der Waals surface area contributed by atoms with Gasteiger partial charge < -0.3 is 5.73 Å². The number of nitriles is 1. The zero-order valence-corrected chi connectivity index (χ0v) is 10.9. The third-order valence-electron chi connectivity index (χ3n) is 2.99. The zero-order chi connectivity index (χ0) is 12.7. The molecule has 0 atom stereocenters. The summed E-state index contributed by atoms with van der Waals surface area (Å²) in [5, 5.41) is 11.9. The molecule has 0 bridgehead atoms. The highest BCUT2D eigenvalue weighted by Crippen LogP contribution is 2.34. The number of rotatable bonds is 0. The number of aromatic nitrogens is 1. The number of nitrogens with two attached hydrogens (primary N) is 1. The Labute approximate surface area is 112 Å². The number of pyridine rings is 1. The molecule has 86 valence electrons. The number of halogens is 1. The standard InChI is InChI=1S/C14H8BrN3/c15-12-5-11-13(17)8(6-16)7-18-14(11)10-4-2-1-3-9(10)12/h1-5,7H,(H2,17,18). The first-order chi connectivity index (χ1) is 8.72. The third-order valence-corrected chi connectivity index (χ3v) is 3.65. The van der Waals surface area contributed by atoms with Gasteiger partial charge in [-0.15, -0.1) is 0 Å². The monoisotopic (exact) mass is 297 g/mol. The average molecular weight is 298 g/mol. The van der Waals surface area contributed by atoms with Crippen molar-refractivity contribution in [2.45, 2.75) is 0 Å². The highest BCUT2D eigenvalue weighted by molar-refractivity contribution is 9.10. The molecule has 0 amide bonds. The molecule has 0 radical (unpaired) electrons. The van der Waals surface area contributed by atoms with Crippen LogP contribution in [0.5, 0.6) is 0 Å². The molecular weight excluding hydrogens is 290 g/mol. The molecule has 0 fully saturated rings. The Morgan fingerprint density at radius 3 is 2.61 bits per heavy atom. The average Bonchev–Trinajstić information content (AvgIpc) is 2.41. The minimum Gasteiger partial charge on any atom is -0.397 e. The first-order valence-corrected chi connectivity index (χ1v) is 6.17. The molecule has 0 aliphatic carbocycles. The van der Waals surface area contributed by atoms with E-state index in [-0.39, 0.29) is 0 Å². The van der Waals surface area contributed by atoms with E-state index in [1.807, 2.05) is 30.3 Å².